The van der Waals surface area contributed by atoms with Crippen molar-refractivity contribution in [3.63, 3.8) is 0 Å². The van der Waals surface area contributed by atoms with Crippen molar-refractivity contribution < 1.29 is 9.21 Å². The maximum Gasteiger partial charge on any atom is 0.291 e. The molecule has 4 aromatic rings. The summed E-state index contributed by atoms with van der Waals surface area (Å²) in [6.07, 6.45) is 0. The molecule has 1 aliphatic heterocycles. The molecule has 4 nitrogen and oxygen atoms in total. The molecule has 1 atom stereocenters. The zero-order valence-corrected chi connectivity index (χ0v) is 19.1. The molecular weight excluding hydrogens is 469 g/mol. The highest BCUT2D eigenvalue weighted by atomic mass is 35.5. The van der Waals surface area contributed by atoms with Crippen LogP contribution in [0.4, 0.5) is 0 Å². The van der Waals surface area contributed by atoms with Gasteiger partial charge in [-0.15, -0.1) is 0 Å². The molecule has 7 heteroatoms. The minimum Gasteiger partial charge on any atom is -0.450 e. The standard InChI is InChI=1S/C25H16Cl3NO3/c1-13-10-20-17(11-19(13)28)23(30)21-22(14-6-8-16(26)9-7-14)29(25(31)24(21)32-20)12-15-4-2-3-5-18(15)27/h2-11,22H,12H2,1H3. The van der Waals surface area contributed by atoms with Crippen molar-refractivity contribution in [2.24, 2.45) is 0 Å². The zero-order valence-electron chi connectivity index (χ0n) is 16.9. The number of rotatable bonds is 3. The molecule has 2 heterocycles. The quantitative estimate of drug-likeness (QED) is 0.321. The lowest BCUT2D eigenvalue weighted by Crippen LogP contribution is -2.29. The van der Waals surface area contributed by atoms with E-state index in [2.05, 4.69) is 0 Å². The van der Waals surface area contributed by atoms with E-state index in [4.69, 9.17) is 39.2 Å². The first kappa shape index (κ1) is 21.1. The Morgan fingerprint density at radius 2 is 1.66 bits per heavy atom. The number of amides is 1. The summed E-state index contributed by atoms with van der Waals surface area (Å²) in [7, 11) is 0. The van der Waals surface area contributed by atoms with Crippen LogP contribution in [0.25, 0.3) is 11.0 Å². The first-order chi connectivity index (χ1) is 15.3. The van der Waals surface area contributed by atoms with E-state index >= 15 is 0 Å². The normalized spacial score (nSPS) is 15.4. The second kappa shape index (κ2) is 7.96. The van der Waals surface area contributed by atoms with E-state index in [1.54, 1.807) is 47.4 Å². The van der Waals surface area contributed by atoms with Crippen molar-refractivity contribution in [3.8, 4) is 0 Å². The van der Waals surface area contributed by atoms with Gasteiger partial charge in [-0.25, -0.2) is 0 Å². The van der Waals surface area contributed by atoms with Crippen LogP contribution >= 0.6 is 34.8 Å². The van der Waals surface area contributed by atoms with Crippen molar-refractivity contribution in [3.05, 3.63) is 114 Å². The van der Waals surface area contributed by atoms with Crippen LogP contribution in [-0.4, -0.2) is 10.8 Å². The summed E-state index contributed by atoms with van der Waals surface area (Å²) < 4.78 is 6.00. The number of hydrogen-bond acceptors (Lipinski definition) is 3. The monoisotopic (exact) mass is 483 g/mol. The lowest BCUT2D eigenvalue weighted by Gasteiger charge is -2.25. The molecule has 1 aliphatic rings. The van der Waals surface area contributed by atoms with Crippen LogP contribution in [0.5, 0.6) is 0 Å². The van der Waals surface area contributed by atoms with Crippen molar-refractivity contribution in [2.45, 2.75) is 19.5 Å². The maximum absolute atomic E-state index is 13.6. The fourth-order valence-corrected chi connectivity index (χ4v) is 4.59. The number of nitrogens with zero attached hydrogens (tertiary/aromatic N) is 1. The molecule has 3 aromatic carbocycles. The molecule has 160 valence electrons. The third-order valence-electron chi connectivity index (χ3n) is 5.73. The molecule has 1 aromatic heterocycles. The molecule has 1 amide bonds. The number of carbonyl (C=O) groups excluding carboxylic acids is 1. The molecule has 0 radical (unpaired) electrons. The minimum atomic E-state index is -0.647. The number of halogens is 3. The van der Waals surface area contributed by atoms with Crippen LogP contribution in [0.15, 0.2) is 69.9 Å². The van der Waals surface area contributed by atoms with Crippen molar-refractivity contribution >= 4 is 51.7 Å². The summed E-state index contributed by atoms with van der Waals surface area (Å²) >= 11 is 18.7. The van der Waals surface area contributed by atoms with Gasteiger partial charge in [0.05, 0.1) is 17.0 Å². The van der Waals surface area contributed by atoms with Gasteiger partial charge in [0.15, 0.2) is 5.43 Å². The predicted octanol–water partition coefficient (Wildman–Crippen LogP) is 6.81. The Balaban J connectivity index is 1.75. The fourth-order valence-electron chi connectivity index (χ4n) is 4.11. The highest BCUT2D eigenvalue weighted by molar-refractivity contribution is 6.32. The largest absolute Gasteiger partial charge is 0.450 e. The first-order valence-electron chi connectivity index (χ1n) is 9.92. The fraction of sp³-hybridized carbons (Fsp3) is 0.120. The van der Waals surface area contributed by atoms with Gasteiger partial charge in [0.2, 0.25) is 5.76 Å². The van der Waals surface area contributed by atoms with Gasteiger partial charge in [0.1, 0.15) is 5.58 Å². The van der Waals surface area contributed by atoms with Gasteiger partial charge < -0.3 is 9.32 Å². The molecular formula is C25H16Cl3NO3. The maximum atomic E-state index is 13.6. The van der Waals surface area contributed by atoms with Crippen LogP contribution in [0.3, 0.4) is 0 Å². The second-order valence-electron chi connectivity index (χ2n) is 7.75. The first-order valence-corrected chi connectivity index (χ1v) is 11.0. The average Bonchev–Trinajstić information content (AvgIpc) is 3.04. The van der Waals surface area contributed by atoms with Crippen molar-refractivity contribution in [1.29, 1.82) is 0 Å². The number of fused-ring (bicyclic) bond motifs is 2. The third kappa shape index (κ3) is 3.39. The molecule has 0 saturated heterocycles. The van der Waals surface area contributed by atoms with E-state index in [-0.39, 0.29) is 29.2 Å². The molecule has 0 aliphatic carbocycles. The van der Waals surface area contributed by atoms with Gasteiger partial charge in [-0.2, -0.15) is 0 Å². The highest BCUT2D eigenvalue weighted by Gasteiger charge is 2.43. The van der Waals surface area contributed by atoms with Crippen LogP contribution in [0, 0.1) is 6.92 Å². The van der Waals surface area contributed by atoms with Gasteiger partial charge in [-0.1, -0.05) is 65.1 Å². The summed E-state index contributed by atoms with van der Waals surface area (Å²) in [5, 5.41) is 1.90. The van der Waals surface area contributed by atoms with E-state index in [1.165, 1.54) is 0 Å². The predicted molar refractivity (Wildman–Crippen MR) is 127 cm³/mol. The van der Waals surface area contributed by atoms with Crippen LogP contribution in [0.1, 0.15) is 38.9 Å². The Bertz CT molecular complexity index is 1440. The van der Waals surface area contributed by atoms with Crippen molar-refractivity contribution in [1.82, 2.24) is 4.90 Å². The Morgan fingerprint density at radius 3 is 2.38 bits per heavy atom. The molecule has 0 saturated carbocycles. The van der Waals surface area contributed by atoms with E-state index in [0.717, 1.165) is 16.7 Å². The molecule has 32 heavy (non-hydrogen) atoms. The Hall–Kier alpha value is -2.79. The lowest BCUT2D eigenvalue weighted by atomic mass is 9.98. The molecule has 0 bridgehead atoms. The third-order valence-corrected chi connectivity index (χ3v) is 6.76. The Kier molecular flexibility index (Phi) is 5.25. The van der Waals surface area contributed by atoms with Gasteiger partial charge >= 0.3 is 0 Å². The lowest BCUT2D eigenvalue weighted by molar-refractivity contribution is 0.0714. The molecule has 0 N–H and O–H groups in total. The van der Waals surface area contributed by atoms with Crippen LogP contribution < -0.4 is 5.43 Å². The van der Waals surface area contributed by atoms with E-state index in [1.807, 2.05) is 25.1 Å². The number of hydrogen-bond donors (Lipinski definition) is 0. The average molecular weight is 485 g/mol. The van der Waals surface area contributed by atoms with Crippen molar-refractivity contribution in [2.75, 3.05) is 0 Å². The molecule has 0 fully saturated rings. The van der Waals surface area contributed by atoms with Crippen LogP contribution in [0.2, 0.25) is 15.1 Å². The number of aryl methyl sites for hydroxylation is 1. The van der Waals surface area contributed by atoms with E-state index < -0.39 is 6.04 Å². The minimum absolute atomic E-state index is 0.0382. The summed E-state index contributed by atoms with van der Waals surface area (Å²) in [6.45, 7) is 2.03. The summed E-state index contributed by atoms with van der Waals surface area (Å²) in [4.78, 5) is 28.7. The smallest absolute Gasteiger partial charge is 0.291 e. The number of benzene rings is 3. The summed E-state index contributed by atoms with van der Waals surface area (Å²) in [6, 6.07) is 17.0. The molecule has 1 unspecified atom stereocenters. The van der Waals surface area contributed by atoms with Gasteiger partial charge in [-0.05, 0) is 53.9 Å². The van der Waals surface area contributed by atoms with Gasteiger partial charge in [0, 0.05) is 21.6 Å². The summed E-state index contributed by atoms with van der Waals surface area (Å²) in [5.74, 6) is -0.331. The Labute approximate surface area is 198 Å². The number of carbonyl (C=O) groups is 1. The topological polar surface area (TPSA) is 50.5 Å². The highest BCUT2D eigenvalue weighted by Crippen LogP contribution is 2.40. The van der Waals surface area contributed by atoms with Crippen LogP contribution in [-0.2, 0) is 6.54 Å². The molecule has 5 rings (SSSR count). The molecule has 0 spiro atoms. The van der Waals surface area contributed by atoms with Gasteiger partial charge in [0.25, 0.3) is 5.91 Å². The second-order valence-corrected chi connectivity index (χ2v) is 9.00. The summed E-state index contributed by atoms with van der Waals surface area (Å²) in [5.41, 5.74) is 2.62. The SMILES string of the molecule is Cc1cc2oc3c(c(=O)c2cc1Cl)C(c1ccc(Cl)cc1)N(Cc1ccccc1Cl)C3=O. The van der Waals surface area contributed by atoms with E-state index in [9.17, 15) is 9.59 Å². The zero-order chi connectivity index (χ0) is 22.6. The van der Waals surface area contributed by atoms with Gasteiger partial charge in [-0.3, -0.25) is 9.59 Å². The Morgan fingerprint density at radius 1 is 0.938 bits per heavy atom. The van der Waals surface area contributed by atoms with E-state index in [0.29, 0.717) is 26.0 Å².